The van der Waals surface area contributed by atoms with E-state index in [4.69, 9.17) is 4.98 Å². The van der Waals surface area contributed by atoms with Gasteiger partial charge in [-0.2, -0.15) is 9.47 Å². The van der Waals surface area contributed by atoms with Crippen molar-refractivity contribution in [2.75, 3.05) is 23.7 Å². The number of anilines is 3. The number of likely N-dealkylation sites (tertiary alicyclic amines) is 1. The number of nitrogens with zero attached hydrogens (tertiary/aromatic N) is 7. The number of rotatable bonds is 8. The number of halogens is 1. The summed E-state index contributed by atoms with van der Waals surface area (Å²) >= 11 is 1.42. The van der Waals surface area contributed by atoms with Crippen LogP contribution in [0.25, 0.3) is 16.9 Å². The second kappa shape index (κ2) is 11.1. The number of imidazole rings is 1. The molecule has 10 nitrogen and oxygen atoms in total. The quantitative estimate of drug-likeness (QED) is 0.272. The van der Waals surface area contributed by atoms with Gasteiger partial charge in [-0.3, -0.25) is 18.8 Å². The SMILES string of the molecule is Cc1cn2c(-c3cnn(CC(=O)Nc4cccc(F)c4)c3)cnc2c(Nc2cc(CN3CCCC(C)C3)ns2)n1. The molecule has 40 heavy (non-hydrogen) atoms. The van der Waals surface area contributed by atoms with Crippen molar-refractivity contribution < 1.29 is 9.18 Å². The average molecular weight is 560 g/mol. The Balaban J connectivity index is 1.17. The zero-order valence-electron chi connectivity index (χ0n) is 22.3. The minimum absolute atomic E-state index is 0.00924. The number of carbonyl (C=O) groups excluding carboxylic acids is 1. The molecular weight excluding hydrogens is 529 g/mol. The maximum atomic E-state index is 13.4. The van der Waals surface area contributed by atoms with E-state index in [-0.39, 0.29) is 12.5 Å². The zero-order chi connectivity index (χ0) is 27.6. The van der Waals surface area contributed by atoms with E-state index in [1.807, 2.05) is 17.5 Å². The van der Waals surface area contributed by atoms with Crippen molar-refractivity contribution in [1.29, 1.82) is 0 Å². The lowest BCUT2D eigenvalue weighted by atomic mass is 10.0. The van der Waals surface area contributed by atoms with Crippen molar-refractivity contribution in [2.45, 2.75) is 39.8 Å². The standard InChI is InChI=1S/C28H30FN9OS/c1-18-5-4-8-36(13-18)16-23-10-26(40-35-23)34-27-28-30-12-24(38(28)14-19(2)32-27)20-11-31-37(15-20)17-25(39)33-22-7-3-6-21(29)9-22/h3,6-7,9-12,14-15,18H,4-5,8,13,16-17H2,1-2H3,(H,32,34)(H,33,39). The fourth-order valence-electron chi connectivity index (χ4n) is 5.12. The molecule has 5 aromatic rings. The van der Waals surface area contributed by atoms with Crippen LogP contribution in [0.15, 0.2) is 55.1 Å². The minimum Gasteiger partial charge on any atom is -0.328 e. The smallest absolute Gasteiger partial charge is 0.246 e. The summed E-state index contributed by atoms with van der Waals surface area (Å²) in [5.41, 5.74) is 4.59. The van der Waals surface area contributed by atoms with E-state index in [0.717, 1.165) is 53.2 Å². The number of amides is 1. The summed E-state index contributed by atoms with van der Waals surface area (Å²) in [5.74, 6) is 0.667. The third-order valence-electron chi connectivity index (χ3n) is 6.88. The van der Waals surface area contributed by atoms with Crippen LogP contribution in [-0.2, 0) is 17.9 Å². The molecule has 1 aliphatic rings. The highest BCUT2D eigenvalue weighted by Gasteiger charge is 2.19. The zero-order valence-corrected chi connectivity index (χ0v) is 23.2. The van der Waals surface area contributed by atoms with Crippen molar-refractivity contribution in [1.82, 2.24) is 33.4 Å². The van der Waals surface area contributed by atoms with E-state index in [1.54, 1.807) is 35.4 Å². The van der Waals surface area contributed by atoms with E-state index in [2.05, 4.69) is 43.0 Å². The predicted molar refractivity (Wildman–Crippen MR) is 153 cm³/mol. The molecule has 0 saturated carbocycles. The molecule has 5 heterocycles. The Morgan fingerprint density at radius 1 is 1.23 bits per heavy atom. The molecule has 1 atom stereocenters. The van der Waals surface area contributed by atoms with Crippen molar-refractivity contribution in [3.63, 3.8) is 0 Å². The van der Waals surface area contributed by atoms with E-state index in [1.165, 1.54) is 36.5 Å². The first-order chi connectivity index (χ1) is 19.4. The van der Waals surface area contributed by atoms with Gasteiger partial charge in [-0.25, -0.2) is 14.4 Å². The maximum absolute atomic E-state index is 13.4. The van der Waals surface area contributed by atoms with Crippen LogP contribution in [0.3, 0.4) is 0 Å². The molecular formula is C28H30FN9OS. The summed E-state index contributed by atoms with van der Waals surface area (Å²) in [4.78, 5) is 24.3. The van der Waals surface area contributed by atoms with Crippen LogP contribution in [0.2, 0.25) is 0 Å². The van der Waals surface area contributed by atoms with Crippen molar-refractivity contribution in [2.24, 2.45) is 5.92 Å². The number of fused-ring (bicyclic) bond motifs is 1. The van der Waals surface area contributed by atoms with E-state index in [0.29, 0.717) is 17.2 Å². The fourth-order valence-corrected chi connectivity index (χ4v) is 5.78. The average Bonchev–Trinajstić information content (AvgIpc) is 3.64. The highest BCUT2D eigenvalue weighted by molar-refractivity contribution is 7.10. The van der Waals surface area contributed by atoms with Crippen molar-refractivity contribution >= 4 is 39.6 Å². The van der Waals surface area contributed by atoms with E-state index in [9.17, 15) is 9.18 Å². The van der Waals surface area contributed by atoms with Gasteiger partial charge in [0.05, 0.1) is 29.5 Å². The second-order valence-corrected chi connectivity index (χ2v) is 11.1. The summed E-state index contributed by atoms with van der Waals surface area (Å²) in [5, 5.41) is 11.4. The third kappa shape index (κ3) is 5.87. The van der Waals surface area contributed by atoms with Crippen molar-refractivity contribution in [3.05, 3.63) is 72.3 Å². The molecule has 6 rings (SSSR count). The van der Waals surface area contributed by atoms with Crippen LogP contribution in [-0.4, -0.2) is 52.4 Å². The Labute approximate surface area is 235 Å². The van der Waals surface area contributed by atoms with Gasteiger partial charge in [-0.15, -0.1) is 0 Å². The molecule has 1 saturated heterocycles. The Kier molecular flexibility index (Phi) is 7.27. The molecule has 4 aromatic heterocycles. The van der Waals surface area contributed by atoms with E-state index >= 15 is 0 Å². The molecule has 1 aromatic carbocycles. The molecule has 1 amide bonds. The van der Waals surface area contributed by atoms with Crippen LogP contribution in [0.5, 0.6) is 0 Å². The van der Waals surface area contributed by atoms with Gasteiger partial charge in [0.2, 0.25) is 5.91 Å². The lowest BCUT2D eigenvalue weighted by molar-refractivity contribution is -0.116. The Morgan fingerprint density at radius 2 is 2.12 bits per heavy atom. The number of nitrogens with one attached hydrogen (secondary N) is 2. The summed E-state index contributed by atoms with van der Waals surface area (Å²) in [7, 11) is 0. The number of piperidine rings is 1. The predicted octanol–water partition coefficient (Wildman–Crippen LogP) is 5.11. The van der Waals surface area contributed by atoms with Crippen LogP contribution < -0.4 is 10.6 Å². The van der Waals surface area contributed by atoms with Gasteiger partial charge in [0.1, 0.15) is 17.4 Å². The third-order valence-corrected chi connectivity index (χ3v) is 7.63. The fraction of sp³-hybridized carbons (Fsp3) is 0.321. The van der Waals surface area contributed by atoms with Crippen molar-refractivity contribution in [3.8, 4) is 11.3 Å². The molecule has 1 fully saturated rings. The molecule has 0 aliphatic carbocycles. The molecule has 2 N–H and O–H groups in total. The first-order valence-electron chi connectivity index (χ1n) is 13.3. The molecule has 12 heteroatoms. The molecule has 0 radical (unpaired) electrons. The van der Waals surface area contributed by atoms with Crippen LogP contribution >= 0.6 is 11.5 Å². The first kappa shape index (κ1) is 26.1. The number of aryl methyl sites for hydroxylation is 1. The first-order valence-corrected chi connectivity index (χ1v) is 14.0. The number of benzene rings is 1. The monoisotopic (exact) mass is 559 g/mol. The molecule has 1 aliphatic heterocycles. The summed E-state index contributed by atoms with van der Waals surface area (Å²) in [6.45, 7) is 7.33. The number of hydrogen-bond donors (Lipinski definition) is 2. The Bertz CT molecular complexity index is 1660. The van der Waals surface area contributed by atoms with Crippen LogP contribution in [0.1, 0.15) is 31.2 Å². The van der Waals surface area contributed by atoms with Gasteiger partial charge in [-0.1, -0.05) is 13.0 Å². The lowest BCUT2D eigenvalue weighted by Crippen LogP contribution is -2.33. The summed E-state index contributed by atoms with van der Waals surface area (Å²) in [6, 6.07) is 7.88. The maximum Gasteiger partial charge on any atom is 0.246 e. The normalized spacial score (nSPS) is 15.9. The highest BCUT2D eigenvalue weighted by Crippen LogP contribution is 2.28. The molecule has 206 valence electrons. The Morgan fingerprint density at radius 3 is 2.98 bits per heavy atom. The number of hydrogen-bond acceptors (Lipinski definition) is 8. The molecule has 1 unspecified atom stereocenters. The Hall–Kier alpha value is -4.16. The molecule has 0 bridgehead atoms. The van der Waals surface area contributed by atoms with Gasteiger partial charge < -0.3 is 10.6 Å². The lowest BCUT2D eigenvalue weighted by Gasteiger charge is -2.30. The van der Waals surface area contributed by atoms with Gasteiger partial charge in [0, 0.05) is 36.7 Å². The van der Waals surface area contributed by atoms with E-state index < -0.39 is 5.82 Å². The highest BCUT2D eigenvalue weighted by atomic mass is 32.1. The van der Waals surface area contributed by atoms with Crippen LogP contribution in [0.4, 0.5) is 20.9 Å². The van der Waals surface area contributed by atoms with Gasteiger partial charge in [-0.05, 0) is 68.0 Å². The minimum atomic E-state index is -0.409. The number of carbonyl (C=O) groups is 1. The van der Waals surface area contributed by atoms with Crippen LogP contribution in [0, 0.1) is 18.7 Å². The van der Waals surface area contributed by atoms with Gasteiger partial charge >= 0.3 is 0 Å². The largest absolute Gasteiger partial charge is 0.328 e. The second-order valence-electron chi connectivity index (χ2n) is 10.3. The summed E-state index contributed by atoms with van der Waals surface area (Å²) < 4.78 is 21.6. The van der Waals surface area contributed by atoms with Gasteiger partial charge in [0.15, 0.2) is 11.5 Å². The molecule has 0 spiro atoms. The number of aromatic nitrogens is 6. The topological polar surface area (TPSA) is 105 Å². The summed E-state index contributed by atoms with van der Waals surface area (Å²) in [6.07, 6.45) is 9.71. The van der Waals surface area contributed by atoms with Gasteiger partial charge in [0.25, 0.3) is 0 Å².